The summed E-state index contributed by atoms with van der Waals surface area (Å²) < 4.78 is 5.36. The third-order valence-corrected chi connectivity index (χ3v) is 5.59. The molecule has 4 nitrogen and oxygen atoms in total. The van der Waals surface area contributed by atoms with E-state index in [2.05, 4.69) is 5.32 Å². The van der Waals surface area contributed by atoms with Crippen molar-refractivity contribution >= 4 is 17.7 Å². The van der Waals surface area contributed by atoms with Crippen molar-refractivity contribution in [3.8, 4) is 0 Å². The van der Waals surface area contributed by atoms with Gasteiger partial charge in [0.05, 0.1) is 0 Å². The molecule has 2 N–H and O–H groups in total. The second kappa shape index (κ2) is 6.26. The molecule has 5 heteroatoms. The maximum absolute atomic E-state index is 11.5. The van der Waals surface area contributed by atoms with Gasteiger partial charge < -0.3 is 15.2 Å². The van der Waals surface area contributed by atoms with E-state index in [1.807, 2.05) is 18.7 Å². The van der Waals surface area contributed by atoms with Crippen molar-refractivity contribution in [1.29, 1.82) is 0 Å². The van der Waals surface area contributed by atoms with E-state index in [4.69, 9.17) is 4.74 Å². The molecule has 1 saturated carbocycles. The fourth-order valence-electron chi connectivity index (χ4n) is 2.97. The summed E-state index contributed by atoms with van der Waals surface area (Å²) >= 11 is 1.99. The molecule has 2 aliphatic rings. The van der Waals surface area contributed by atoms with Gasteiger partial charge in [0.1, 0.15) is 5.54 Å². The molecule has 1 saturated heterocycles. The fourth-order valence-corrected chi connectivity index (χ4v) is 4.61. The number of nitrogens with one attached hydrogen (secondary N) is 1. The van der Waals surface area contributed by atoms with Crippen molar-refractivity contribution in [2.45, 2.75) is 55.1 Å². The van der Waals surface area contributed by atoms with E-state index in [-0.39, 0.29) is 0 Å². The van der Waals surface area contributed by atoms with Crippen molar-refractivity contribution in [3.63, 3.8) is 0 Å². The van der Waals surface area contributed by atoms with Crippen LogP contribution in [0.2, 0.25) is 0 Å². The highest BCUT2D eigenvalue weighted by Crippen LogP contribution is 2.40. The summed E-state index contributed by atoms with van der Waals surface area (Å²) in [6.07, 6.45) is 4.77. The highest BCUT2D eigenvalue weighted by Gasteiger charge is 2.45. The van der Waals surface area contributed by atoms with Crippen molar-refractivity contribution < 1.29 is 14.6 Å². The van der Waals surface area contributed by atoms with E-state index in [0.717, 1.165) is 51.9 Å². The van der Waals surface area contributed by atoms with Crippen LogP contribution < -0.4 is 5.32 Å². The largest absolute Gasteiger partial charge is 0.480 e. The molecular weight excluding hydrogens is 250 g/mol. The molecule has 1 heterocycles. The molecule has 2 fully saturated rings. The Balaban J connectivity index is 1.87. The van der Waals surface area contributed by atoms with E-state index < -0.39 is 11.5 Å². The van der Waals surface area contributed by atoms with Crippen LogP contribution in [0.1, 0.15) is 39.0 Å². The SMILES string of the molecule is CCNC1(C(=O)O)CCC(SC2CCOCC2)C1. The van der Waals surface area contributed by atoms with Gasteiger partial charge in [-0.15, -0.1) is 0 Å². The molecule has 0 aromatic rings. The summed E-state index contributed by atoms with van der Waals surface area (Å²) in [5.41, 5.74) is -0.669. The van der Waals surface area contributed by atoms with E-state index in [0.29, 0.717) is 10.5 Å². The molecule has 0 aromatic carbocycles. The quantitative estimate of drug-likeness (QED) is 0.801. The van der Waals surface area contributed by atoms with Crippen LogP contribution in [0.15, 0.2) is 0 Å². The Kier molecular flexibility index (Phi) is 4.92. The van der Waals surface area contributed by atoms with Gasteiger partial charge in [-0.25, -0.2) is 0 Å². The Hall–Kier alpha value is -0.260. The normalized spacial score (nSPS) is 33.7. The predicted octanol–water partition coefficient (Wildman–Crippen LogP) is 1.88. The Labute approximate surface area is 113 Å². The zero-order chi connectivity index (χ0) is 13.0. The van der Waals surface area contributed by atoms with Gasteiger partial charge in [-0.05, 0) is 38.6 Å². The van der Waals surface area contributed by atoms with Gasteiger partial charge >= 0.3 is 5.97 Å². The summed E-state index contributed by atoms with van der Waals surface area (Å²) in [5.74, 6) is -0.681. The van der Waals surface area contributed by atoms with Gasteiger partial charge in [0, 0.05) is 23.7 Å². The van der Waals surface area contributed by atoms with Crippen LogP contribution in [0.4, 0.5) is 0 Å². The second-order valence-electron chi connectivity index (χ2n) is 5.23. The maximum Gasteiger partial charge on any atom is 0.323 e. The maximum atomic E-state index is 11.5. The highest BCUT2D eigenvalue weighted by atomic mass is 32.2. The molecule has 104 valence electrons. The summed E-state index contributed by atoms with van der Waals surface area (Å²) in [6, 6.07) is 0. The number of hydrogen-bond donors (Lipinski definition) is 2. The van der Waals surface area contributed by atoms with Crippen LogP contribution in [-0.4, -0.2) is 46.9 Å². The van der Waals surface area contributed by atoms with Gasteiger partial charge in [0.15, 0.2) is 0 Å². The Morgan fingerprint density at radius 1 is 1.39 bits per heavy atom. The van der Waals surface area contributed by atoms with Crippen molar-refractivity contribution in [2.75, 3.05) is 19.8 Å². The molecule has 2 rings (SSSR count). The average molecular weight is 273 g/mol. The Morgan fingerprint density at radius 3 is 2.72 bits per heavy atom. The first kappa shape index (κ1) is 14.2. The van der Waals surface area contributed by atoms with Gasteiger partial charge in [-0.3, -0.25) is 4.79 Å². The number of hydrogen-bond acceptors (Lipinski definition) is 4. The molecule has 2 unspecified atom stereocenters. The molecule has 0 spiro atoms. The summed E-state index contributed by atoms with van der Waals surface area (Å²) in [5, 5.41) is 13.8. The summed E-state index contributed by atoms with van der Waals surface area (Å²) in [6.45, 7) is 4.42. The topological polar surface area (TPSA) is 58.6 Å². The zero-order valence-electron chi connectivity index (χ0n) is 11.0. The highest BCUT2D eigenvalue weighted by molar-refractivity contribution is 8.00. The number of likely N-dealkylation sites (N-methyl/N-ethyl adjacent to an activating group) is 1. The minimum Gasteiger partial charge on any atom is -0.480 e. The molecular formula is C13H23NO3S. The second-order valence-corrected chi connectivity index (χ2v) is 6.84. The number of ether oxygens (including phenoxy) is 1. The number of thioether (sulfide) groups is 1. The lowest BCUT2D eigenvalue weighted by molar-refractivity contribution is -0.144. The van der Waals surface area contributed by atoms with Crippen LogP contribution in [-0.2, 0) is 9.53 Å². The first-order valence-corrected chi connectivity index (χ1v) is 7.82. The third-order valence-electron chi connectivity index (χ3n) is 3.95. The molecule has 0 amide bonds. The molecule has 0 bridgehead atoms. The first-order chi connectivity index (χ1) is 8.66. The minimum atomic E-state index is -0.681. The lowest BCUT2D eigenvalue weighted by atomic mass is 9.98. The van der Waals surface area contributed by atoms with Crippen LogP contribution >= 0.6 is 11.8 Å². The monoisotopic (exact) mass is 273 g/mol. The van der Waals surface area contributed by atoms with Crippen LogP contribution in [0.5, 0.6) is 0 Å². The smallest absolute Gasteiger partial charge is 0.323 e. The first-order valence-electron chi connectivity index (χ1n) is 6.88. The Morgan fingerprint density at radius 2 is 2.11 bits per heavy atom. The van der Waals surface area contributed by atoms with Crippen LogP contribution in [0.3, 0.4) is 0 Å². The van der Waals surface area contributed by atoms with Crippen molar-refractivity contribution in [2.24, 2.45) is 0 Å². The molecule has 0 aromatic heterocycles. The van der Waals surface area contributed by atoms with E-state index >= 15 is 0 Å². The third kappa shape index (κ3) is 3.19. The van der Waals surface area contributed by atoms with Gasteiger partial charge in [-0.1, -0.05) is 6.92 Å². The van der Waals surface area contributed by atoms with Gasteiger partial charge in [0.25, 0.3) is 0 Å². The molecule has 1 aliphatic heterocycles. The Bertz CT molecular complexity index is 294. The number of carboxylic acids is 1. The molecule has 1 aliphatic carbocycles. The van der Waals surface area contributed by atoms with Gasteiger partial charge in [-0.2, -0.15) is 11.8 Å². The number of rotatable bonds is 5. The molecule has 2 atom stereocenters. The summed E-state index contributed by atoms with van der Waals surface area (Å²) in [7, 11) is 0. The zero-order valence-corrected chi connectivity index (χ0v) is 11.8. The minimum absolute atomic E-state index is 0.489. The van der Waals surface area contributed by atoms with Crippen molar-refractivity contribution in [3.05, 3.63) is 0 Å². The lowest BCUT2D eigenvalue weighted by Crippen LogP contribution is -2.50. The van der Waals surface area contributed by atoms with Crippen molar-refractivity contribution in [1.82, 2.24) is 5.32 Å². The fraction of sp³-hybridized carbons (Fsp3) is 0.923. The molecule has 18 heavy (non-hydrogen) atoms. The van der Waals surface area contributed by atoms with E-state index in [9.17, 15) is 9.90 Å². The van der Waals surface area contributed by atoms with Crippen LogP contribution in [0.25, 0.3) is 0 Å². The van der Waals surface area contributed by atoms with Gasteiger partial charge in [0.2, 0.25) is 0 Å². The number of carboxylic acid groups (broad SMARTS) is 1. The summed E-state index contributed by atoms with van der Waals surface area (Å²) in [4.78, 5) is 11.5. The average Bonchev–Trinajstić information content (AvgIpc) is 2.76. The number of carbonyl (C=O) groups is 1. The van der Waals surface area contributed by atoms with Crippen LogP contribution in [0, 0.1) is 0 Å². The standard InChI is InChI=1S/C13H23NO3S/c1-2-14-13(12(15)16)6-3-11(9-13)18-10-4-7-17-8-5-10/h10-11,14H,2-9H2,1H3,(H,15,16). The van der Waals surface area contributed by atoms with E-state index in [1.165, 1.54) is 0 Å². The number of aliphatic carboxylic acids is 1. The predicted molar refractivity (Wildman–Crippen MR) is 73.1 cm³/mol. The van der Waals surface area contributed by atoms with E-state index in [1.54, 1.807) is 0 Å². The molecule has 0 radical (unpaired) electrons. The lowest BCUT2D eigenvalue weighted by Gasteiger charge is -2.27.